The van der Waals surface area contributed by atoms with Gasteiger partial charge in [0.15, 0.2) is 6.10 Å². The quantitative estimate of drug-likeness (QED) is 0.895. The zero-order chi connectivity index (χ0) is 16.1. The Morgan fingerprint density at radius 3 is 2.41 bits per heavy atom. The topological polar surface area (TPSA) is 38.3 Å². The van der Waals surface area contributed by atoms with Crippen LogP contribution < -0.4 is 10.1 Å². The summed E-state index contributed by atoms with van der Waals surface area (Å²) in [4.78, 5) is 12.2. The number of rotatable bonds is 5. The third-order valence-electron chi connectivity index (χ3n) is 3.65. The SMILES string of the molecule is CCc1ccc(O[C@@H](C)C(=O)Nc2ccc(C)cc2C)cc1. The van der Waals surface area contributed by atoms with E-state index in [0.29, 0.717) is 5.75 Å². The number of anilines is 1. The highest BCUT2D eigenvalue weighted by molar-refractivity contribution is 5.94. The first-order valence-electron chi connectivity index (χ1n) is 7.63. The maximum atomic E-state index is 12.2. The van der Waals surface area contributed by atoms with Crippen LogP contribution in [0.15, 0.2) is 42.5 Å². The molecule has 2 aromatic carbocycles. The van der Waals surface area contributed by atoms with Crippen molar-refractivity contribution in [3.8, 4) is 5.75 Å². The van der Waals surface area contributed by atoms with Gasteiger partial charge in [0.2, 0.25) is 0 Å². The van der Waals surface area contributed by atoms with E-state index in [2.05, 4.69) is 12.2 Å². The Bertz CT molecular complexity index is 647. The maximum absolute atomic E-state index is 12.2. The molecule has 0 fully saturated rings. The minimum atomic E-state index is -0.548. The highest BCUT2D eigenvalue weighted by atomic mass is 16.5. The lowest BCUT2D eigenvalue weighted by atomic mass is 10.1. The summed E-state index contributed by atoms with van der Waals surface area (Å²) >= 11 is 0. The van der Waals surface area contributed by atoms with E-state index >= 15 is 0 Å². The third kappa shape index (κ3) is 4.10. The Kier molecular flexibility index (Phi) is 5.21. The lowest BCUT2D eigenvalue weighted by molar-refractivity contribution is -0.122. The van der Waals surface area contributed by atoms with Gasteiger partial charge in [0.05, 0.1) is 0 Å². The van der Waals surface area contributed by atoms with Crippen molar-refractivity contribution in [3.05, 3.63) is 59.2 Å². The molecule has 116 valence electrons. The number of hydrogen-bond donors (Lipinski definition) is 1. The van der Waals surface area contributed by atoms with Gasteiger partial charge in [-0.05, 0) is 56.5 Å². The first kappa shape index (κ1) is 16.1. The molecule has 0 heterocycles. The van der Waals surface area contributed by atoms with E-state index in [1.165, 1.54) is 11.1 Å². The van der Waals surface area contributed by atoms with E-state index in [1.54, 1.807) is 6.92 Å². The molecule has 0 saturated heterocycles. The molecule has 3 nitrogen and oxygen atoms in total. The van der Waals surface area contributed by atoms with Crippen LogP contribution in [0.3, 0.4) is 0 Å². The van der Waals surface area contributed by atoms with Crippen molar-refractivity contribution in [1.29, 1.82) is 0 Å². The number of hydrogen-bond acceptors (Lipinski definition) is 2. The molecule has 0 saturated carbocycles. The van der Waals surface area contributed by atoms with Crippen LogP contribution in [0.25, 0.3) is 0 Å². The van der Waals surface area contributed by atoms with Gasteiger partial charge in [-0.3, -0.25) is 4.79 Å². The fourth-order valence-corrected chi connectivity index (χ4v) is 2.25. The molecular formula is C19H23NO2. The van der Waals surface area contributed by atoms with Crippen LogP contribution in [0.5, 0.6) is 5.75 Å². The number of carbonyl (C=O) groups excluding carboxylic acids is 1. The molecular weight excluding hydrogens is 274 g/mol. The van der Waals surface area contributed by atoms with Gasteiger partial charge >= 0.3 is 0 Å². The molecule has 3 heteroatoms. The lowest BCUT2D eigenvalue weighted by Crippen LogP contribution is -2.30. The second-order valence-corrected chi connectivity index (χ2v) is 5.57. The van der Waals surface area contributed by atoms with Gasteiger partial charge < -0.3 is 10.1 Å². The minimum absolute atomic E-state index is 0.147. The van der Waals surface area contributed by atoms with Gasteiger partial charge in [0, 0.05) is 5.69 Å². The van der Waals surface area contributed by atoms with E-state index in [-0.39, 0.29) is 5.91 Å². The van der Waals surface area contributed by atoms with E-state index in [4.69, 9.17) is 4.74 Å². The molecule has 2 rings (SSSR count). The van der Waals surface area contributed by atoms with Gasteiger partial charge in [-0.1, -0.05) is 36.8 Å². The van der Waals surface area contributed by atoms with Crippen molar-refractivity contribution in [2.45, 2.75) is 40.2 Å². The van der Waals surface area contributed by atoms with E-state index in [9.17, 15) is 4.79 Å². The van der Waals surface area contributed by atoms with Crippen LogP contribution in [-0.2, 0) is 11.2 Å². The predicted octanol–water partition coefficient (Wildman–Crippen LogP) is 4.27. The van der Waals surface area contributed by atoms with E-state index in [0.717, 1.165) is 17.7 Å². The summed E-state index contributed by atoms with van der Waals surface area (Å²) in [5.41, 5.74) is 4.30. The Morgan fingerprint density at radius 2 is 1.82 bits per heavy atom. The number of amides is 1. The minimum Gasteiger partial charge on any atom is -0.481 e. The molecule has 1 amide bonds. The molecule has 0 aliphatic carbocycles. The van der Waals surface area contributed by atoms with Gasteiger partial charge in [0.1, 0.15) is 5.75 Å². The standard InChI is InChI=1S/C19H23NO2/c1-5-16-7-9-17(10-8-16)22-15(4)19(21)20-18-11-6-13(2)12-14(18)3/h6-12,15H,5H2,1-4H3,(H,20,21)/t15-/m0/s1. The normalized spacial score (nSPS) is 11.8. The monoisotopic (exact) mass is 297 g/mol. The summed E-state index contributed by atoms with van der Waals surface area (Å²) in [7, 11) is 0. The zero-order valence-corrected chi connectivity index (χ0v) is 13.6. The molecule has 0 aromatic heterocycles. The van der Waals surface area contributed by atoms with Crippen LogP contribution in [-0.4, -0.2) is 12.0 Å². The average Bonchev–Trinajstić information content (AvgIpc) is 2.50. The van der Waals surface area contributed by atoms with Crippen molar-refractivity contribution in [1.82, 2.24) is 0 Å². The van der Waals surface area contributed by atoms with Crippen molar-refractivity contribution < 1.29 is 9.53 Å². The molecule has 1 atom stereocenters. The van der Waals surface area contributed by atoms with Gasteiger partial charge in [-0.15, -0.1) is 0 Å². The number of ether oxygens (including phenoxy) is 1. The van der Waals surface area contributed by atoms with Crippen molar-refractivity contribution in [3.63, 3.8) is 0 Å². The van der Waals surface area contributed by atoms with Crippen molar-refractivity contribution >= 4 is 11.6 Å². The molecule has 0 spiro atoms. The highest BCUT2D eigenvalue weighted by Gasteiger charge is 2.15. The van der Waals surface area contributed by atoms with Crippen molar-refractivity contribution in [2.24, 2.45) is 0 Å². The molecule has 0 radical (unpaired) electrons. The van der Waals surface area contributed by atoms with Crippen LogP contribution in [0.4, 0.5) is 5.69 Å². The first-order valence-corrected chi connectivity index (χ1v) is 7.63. The lowest BCUT2D eigenvalue weighted by Gasteiger charge is -2.16. The Balaban J connectivity index is 1.99. The maximum Gasteiger partial charge on any atom is 0.265 e. The number of aryl methyl sites for hydroxylation is 3. The second kappa shape index (κ2) is 7.12. The first-order chi connectivity index (χ1) is 10.5. The molecule has 0 aliphatic heterocycles. The van der Waals surface area contributed by atoms with Crippen LogP contribution in [0.2, 0.25) is 0 Å². The molecule has 1 N–H and O–H groups in total. The molecule has 0 unspecified atom stereocenters. The Labute approximate surface area is 132 Å². The Morgan fingerprint density at radius 1 is 1.14 bits per heavy atom. The zero-order valence-electron chi connectivity index (χ0n) is 13.6. The Hall–Kier alpha value is -2.29. The summed E-state index contributed by atoms with van der Waals surface area (Å²) in [5.74, 6) is 0.562. The number of nitrogens with one attached hydrogen (secondary N) is 1. The van der Waals surface area contributed by atoms with Gasteiger partial charge in [-0.2, -0.15) is 0 Å². The third-order valence-corrected chi connectivity index (χ3v) is 3.65. The predicted molar refractivity (Wildman–Crippen MR) is 90.5 cm³/mol. The summed E-state index contributed by atoms with van der Waals surface area (Å²) in [5, 5.41) is 2.92. The second-order valence-electron chi connectivity index (χ2n) is 5.57. The highest BCUT2D eigenvalue weighted by Crippen LogP contribution is 2.18. The fraction of sp³-hybridized carbons (Fsp3) is 0.316. The largest absolute Gasteiger partial charge is 0.481 e. The van der Waals surface area contributed by atoms with Crippen LogP contribution in [0.1, 0.15) is 30.5 Å². The summed E-state index contributed by atoms with van der Waals surface area (Å²) in [6, 6.07) is 13.8. The van der Waals surface area contributed by atoms with Crippen LogP contribution >= 0.6 is 0 Å². The molecule has 0 bridgehead atoms. The van der Waals surface area contributed by atoms with E-state index in [1.807, 2.05) is 56.3 Å². The van der Waals surface area contributed by atoms with E-state index < -0.39 is 6.10 Å². The van der Waals surface area contributed by atoms with Crippen molar-refractivity contribution in [2.75, 3.05) is 5.32 Å². The van der Waals surface area contributed by atoms with Gasteiger partial charge in [0.25, 0.3) is 5.91 Å². The number of benzene rings is 2. The summed E-state index contributed by atoms with van der Waals surface area (Å²) in [6.07, 6.45) is 0.441. The summed E-state index contributed by atoms with van der Waals surface area (Å²) in [6.45, 7) is 7.88. The molecule has 2 aromatic rings. The molecule has 22 heavy (non-hydrogen) atoms. The fourth-order valence-electron chi connectivity index (χ4n) is 2.25. The molecule has 0 aliphatic rings. The number of carbonyl (C=O) groups is 1. The van der Waals surface area contributed by atoms with Gasteiger partial charge in [-0.25, -0.2) is 0 Å². The smallest absolute Gasteiger partial charge is 0.265 e. The van der Waals surface area contributed by atoms with Crippen LogP contribution in [0, 0.1) is 13.8 Å². The summed E-state index contributed by atoms with van der Waals surface area (Å²) < 4.78 is 5.70. The average molecular weight is 297 g/mol.